The predicted molar refractivity (Wildman–Crippen MR) is 66.1 cm³/mol. The third kappa shape index (κ3) is 3.98. The van der Waals surface area contributed by atoms with Crippen molar-refractivity contribution in [1.82, 2.24) is 10.3 Å². The van der Waals surface area contributed by atoms with Crippen LogP contribution in [-0.2, 0) is 4.74 Å². The number of rotatable bonds is 4. The summed E-state index contributed by atoms with van der Waals surface area (Å²) in [6.07, 6.45) is 3.78. The Bertz CT molecular complexity index is 220. The average molecular weight is 228 g/mol. The number of methoxy groups -OCH3 is 1. The van der Waals surface area contributed by atoms with E-state index in [9.17, 15) is 0 Å². The van der Waals surface area contributed by atoms with Crippen LogP contribution in [0.4, 0.5) is 0 Å². The van der Waals surface area contributed by atoms with Gasteiger partial charge < -0.3 is 9.64 Å². The minimum atomic E-state index is 0.635. The van der Waals surface area contributed by atoms with E-state index in [0.717, 1.165) is 25.0 Å². The van der Waals surface area contributed by atoms with Crippen LogP contribution in [0.3, 0.4) is 0 Å². The molecule has 1 atom stereocenters. The normalized spacial score (nSPS) is 22.3. The Labute approximate surface area is 98.0 Å². The van der Waals surface area contributed by atoms with Crippen LogP contribution in [-0.4, -0.2) is 44.2 Å². The summed E-state index contributed by atoms with van der Waals surface area (Å²) < 4.78 is 4.97. The average Bonchev–Trinajstić information content (AvgIpc) is 2.35. The van der Waals surface area contributed by atoms with E-state index in [0.29, 0.717) is 13.2 Å². The Kier molecular flexibility index (Phi) is 6.18. The van der Waals surface area contributed by atoms with Crippen molar-refractivity contribution in [2.24, 2.45) is 16.8 Å². The largest absolute Gasteiger partial charge is 0.383 e. The molecule has 1 aliphatic rings. The molecule has 0 aromatic heterocycles. The van der Waals surface area contributed by atoms with Crippen molar-refractivity contribution in [3.63, 3.8) is 0 Å². The standard InChI is InChI=1S/C11H24N4O/c1-3-10-5-4-7-15(9-10)11(14-12)13-6-8-16-2/h10H,3-9,12H2,1-2H3,(H,13,14). The third-order valence-corrected chi connectivity index (χ3v) is 3.08. The highest BCUT2D eigenvalue weighted by molar-refractivity contribution is 5.79. The Balaban J connectivity index is 2.47. The molecule has 5 nitrogen and oxygen atoms in total. The first-order valence-corrected chi connectivity index (χ1v) is 6.06. The van der Waals surface area contributed by atoms with Gasteiger partial charge in [0.25, 0.3) is 0 Å². The Hall–Kier alpha value is -0.810. The van der Waals surface area contributed by atoms with E-state index in [2.05, 4.69) is 22.2 Å². The van der Waals surface area contributed by atoms with Crippen molar-refractivity contribution in [2.45, 2.75) is 26.2 Å². The number of piperidine rings is 1. The SMILES string of the molecule is CCC1CCCN(C(=NCCOC)NN)C1. The Morgan fingerprint density at radius 3 is 3.06 bits per heavy atom. The maximum atomic E-state index is 5.51. The summed E-state index contributed by atoms with van der Waals surface area (Å²) in [5.41, 5.74) is 2.70. The number of nitrogens with zero attached hydrogens (tertiary/aromatic N) is 2. The highest BCUT2D eigenvalue weighted by Crippen LogP contribution is 2.18. The first kappa shape index (κ1) is 13.3. The van der Waals surface area contributed by atoms with E-state index in [4.69, 9.17) is 10.6 Å². The minimum absolute atomic E-state index is 0.635. The van der Waals surface area contributed by atoms with Gasteiger partial charge in [0.1, 0.15) is 0 Å². The van der Waals surface area contributed by atoms with E-state index in [1.54, 1.807) is 7.11 Å². The quantitative estimate of drug-likeness (QED) is 0.243. The highest BCUT2D eigenvalue weighted by atomic mass is 16.5. The van der Waals surface area contributed by atoms with Crippen molar-refractivity contribution in [3.8, 4) is 0 Å². The Morgan fingerprint density at radius 1 is 1.62 bits per heavy atom. The molecule has 1 unspecified atom stereocenters. The van der Waals surface area contributed by atoms with E-state index < -0.39 is 0 Å². The van der Waals surface area contributed by atoms with Crippen molar-refractivity contribution in [3.05, 3.63) is 0 Å². The molecule has 0 saturated carbocycles. The van der Waals surface area contributed by atoms with Crippen LogP contribution in [0, 0.1) is 5.92 Å². The van der Waals surface area contributed by atoms with Gasteiger partial charge in [-0.05, 0) is 18.8 Å². The number of hydrazine groups is 1. The fourth-order valence-corrected chi connectivity index (χ4v) is 2.07. The molecule has 0 aromatic rings. The van der Waals surface area contributed by atoms with Crippen LogP contribution >= 0.6 is 0 Å². The molecule has 1 heterocycles. The van der Waals surface area contributed by atoms with Crippen LogP contribution in [0.5, 0.6) is 0 Å². The number of likely N-dealkylation sites (tertiary alicyclic amines) is 1. The lowest BCUT2D eigenvalue weighted by molar-refractivity contribution is 0.206. The summed E-state index contributed by atoms with van der Waals surface area (Å²) in [6.45, 7) is 5.64. The number of nitrogens with one attached hydrogen (secondary N) is 1. The number of ether oxygens (including phenoxy) is 1. The van der Waals surface area contributed by atoms with E-state index in [1.807, 2.05) is 0 Å². The molecule has 1 rings (SSSR count). The maximum Gasteiger partial charge on any atom is 0.208 e. The zero-order chi connectivity index (χ0) is 11.8. The second-order valence-electron chi connectivity index (χ2n) is 4.20. The van der Waals surface area contributed by atoms with Crippen LogP contribution in [0.1, 0.15) is 26.2 Å². The van der Waals surface area contributed by atoms with E-state index in [1.165, 1.54) is 19.3 Å². The molecule has 1 saturated heterocycles. The van der Waals surface area contributed by atoms with E-state index >= 15 is 0 Å². The molecule has 0 bridgehead atoms. The zero-order valence-electron chi connectivity index (χ0n) is 10.4. The fourth-order valence-electron chi connectivity index (χ4n) is 2.07. The molecule has 1 aliphatic heterocycles. The summed E-state index contributed by atoms with van der Waals surface area (Å²) in [4.78, 5) is 6.65. The van der Waals surface area contributed by atoms with Gasteiger partial charge in [-0.25, -0.2) is 10.8 Å². The van der Waals surface area contributed by atoms with Crippen molar-refractivity contribution in [2.75, 3.05) is 33.4 Å². The zero-order valence-corrected chi connectivity index (χ0v) is 10.4. The molecular weight excluding hydrogens is 204 g/mol. The van der Waals surface area contributed by atoms with Crippen molar-refractivity contribution < 1.29 is 4.74 Å². The van der Waals surface area contributed by atoms with Crippen LogP contribution in [0.2, 0.25) is 0 Å². The van der Waals surface area contributed by atoms with Crippen LogP contribution < -0.4 is 11.3 Å². The number of aliphatic imine (C=N–C) groups is 1. The first-order chi connectivity index (χ1) is 7.81. The van der Waals surface area contributed by atoms with Gasteiger partial charge in [0, 0.05) is 20.2 Å². The summed E-state index contributed by atoms with van der Waals surface area (Å²) in [5.74, 6) is 7.08. The highest BCUT2D eigenvalue weighted by Gasteiger charge is 2.20. The van der Waals surface area contributed by atoms with Crippen molar-refractivity contribution >= 4 is 5.96 Å². The lowest BCUT2D eigenvalue weighted by atomic mass is 9.96. The topological polar surface area (TPSA) is 62.9 Å². The Morgan fingerprint density at radius 2 is 2.44 bits per heavy atom. The smallest absolute Gasteiger partial charge is 0.208 e. The number of nitrogens with two attached hydrogens (primary N) is 1. The lowest BCUT2D eigenvalue weighted by Crippen LogP contribution is -2.49. The molecule has 0 aromatic carbocycles. The summed E-state index contributed by atoms with van der Waals surface area (Å²) >= 11 is 0. The summed E-state index contributed by atoms with van der Waals surface area (Å²) in [5, 5.41) is 0. The summed E-state index contributed by atoms with van der Waals surface area (Å²) in [7, 11) is 1.68. The molecule has 3 N–H and O–H groups in total. The number of guanidine groups is 1. The number of hydrogen-bond acceptors (Lipinski definition) is 3. The van der Waals surface area contributed by atoms with Gasteiger partial charge in [0.2, 0.25) is 5.96 Å². The maximum absolute atomic E-state index is 5.51. The monoisotopic (exact) mass is 228 g/mol. The van der Waals surface area contributed by atoms with Crippen LogP contribution in [0.15, 0.2) is 4.99 Å². The molecule has 0 aliphatic carbocycles. The van der Waals surface area contributed by atoms with E-state index in [-0.39, 0.29) is 0 Å². The second-order valence-corrected chi connectivity index (χ2v) is 4.20. The van der Waals surface area contributed by atoms with Gasteiger partial charge in [-0.2, -0.15) is 0 Å². The van der Waals surface area contributed by atoms with Gasteiger partial charge in [-0.3, -0.25) is 5.43 Å². The molecule has 16 heavy (non-hydrogen) atoms. The van der Waals surface area contributed by atoms with Gasteiger partial charge >= 0.3 is 0 Å². The molecular formula is C11H24N4O. The minimum Gasteiger partial charge on any atom is -0.383 e. The number of hydrogen-bond donors (Lipinski definition) is 2. The summed E-state index contributed by atoms with van der Waals surface area (Å²) in [6, 6.07) is 0. The fraction of sp³-hybridized carbons (Fsp3) is 0.909. The van der Waals surface area contributed by atoms with Gasteiger partial charge in [-0.1, -0.05) is 13.3 Å². The lowest BCUT2D eigenvalue weighted by Gasteiger charge is -2.34. The first-order valence-electron chi connectivity index (χ1n) is 6.06. The molecule has 0 radical (unpaired) electrons. The van der Waals surface area contributed by atoms with Crippen LogP contribution in [0.25, 0.3) is 0 Å². The molecule has 94 valence electrons. The van der Waals surface area contributed by atoms with Gasteiger partial charge in [0.15, 0.2) is 0 Å². The molecule has 1 fully saturated rings. The predicted octanol–water partition coefficient (Wildman–Crippen LogP) is 0.574. The van der Waals surface area contributed by atoms with Gasteiger partial charge in [-0.15, -0.1) is 0 Å². The second kappa shape index (κ2) is 7.46. The third-order valence-electron chi connectivity index (χ3n) is 3.08. The van der Waals surface area contributed by atoms with Gasteiger partial charge in [0.05, 0.1) is 13.2 Å². The molecule has 0 amide bonds. The van der Waals surface area contributed by atoms with Crippen molar-refractivity contribution in [1.29, 1.82) is 0 Å². The molecule has 5 heteroatoms. The molecule has 0 spiro atoms.